The summed E-state index contributed by atoms with van der Waals surface area (Å²) in [6, 6.07) is 10.8. The van der Waals surface area contributed by atoms with Gasteiger partial charge in [-0.1, -0.05) is 29.8 Å². The molecule has 1 N–H and O–H groups in total. The van der Waals surface area contributed by atoms with Crippen LogP contribution in [0.3, 0.4) is 0 Å². The van der Waals surface area contributed by atoms with Crippen molar-refractivity contribution in [3.63, 3.8) is 0 Å². The smallest absolute Gasteiger partial charge is 0.313 e. The molecule has 3 heterocycles. The van der Waals surface area contributed by atoms with E-state index < -0.39 is 4.92 Å². The summed E-state index contributed by atoms with van der Waals surface area (Å²) in [5, 5.41) is 16.3. The Hall–Kier alpha value is -3.93. The van der Waals surface area contributed by atoms with Crippen LogP contribution in [0.25, 0.3) is 22.2 Å². The van der Waals surface area contributed by atoms with Gasteiger partial charge in [0.25, 0.3) is 0 Å². The zero-order valence-electron chi connectivity index (χ0n) is 21.7. The summed E-state index contributed by atoms with van der Waals surface area (Å²) in [5.74, 6) is 0.709. The number of fused-ring (bicyclic) bond motifs is 1. The zero-order chi connectivity index (χ0) is 27.4. The first-order valence-electron chi connectivity index (χ1n) is 12.6. The molecule has 1 aliphatic heterocycles. The maximum atomic E-state index is 11.9. The Labute approximate surface area is 230 Å². The van der Waals surface area contributed by atoms with Crippen molar-refractivity contribution in [1.82, 2.24) is 19.4 Å². The molecule has 2 aromatic heterocycles. The van der Waals surface area contributed by atoms with Gasteiger partial charge in [-0.05, 0) is 12.5 Å². The number of aromatic nitrogens is 3. The van der Waals surface area contributed by atoms with Crippen LogP contribution in [0.5, 0.6) is 11.5 Å². The summed E-state index contributed by atoms with van der Waals surface area (Å²) < 4.78 is 18.7. The molecule has 0 radical (unpaired) electrons. The van der Waals surface area contributed by atoms with E-state index >= 15 is 0 Å². The number of para-hydroxylation sites is 1. The van der Waals surface area contributed by atoms with E-state index in [-0.39, 0.29) is 17.4 Å². The van der Waals surface area contributed by atoms with Gasteiger partial charge in [0.2, 0.25) is 11.7 Å². The third-order valence-corrected chi connectivity index (χ3v) is 6.88. The standard InChI is InChI=1S/C27H29ClN6O5/c1-32-17-19(18-6-3-4-7-22(18)32)26-20(28)16-29-27(31-26)30-21-14-23(34(35)36)25(15-24(21)37-2)39-11-5-8-33-9-12-38-13-10-33/h3-4,6-7,14-17H,5,8-13H2,1-2H3,(H,29,30,31). The van der Waals surface area contributed by atoms with Crippen molar-refractivity contribution in [3.05, 3.63) is 63.9 Å². The van der Waals surface area contributed by atoms with Gasteiger partial charge in [-0.2, -0.15) is 0 Å². The number of nitrogens with zero attached hydrogens (tertiary/aromatic N) is 5. The van der Waals surface area contributed by atoms with Gasteiger partial charge in [0, 0.05) is 61.5 Å². The summed E-state index contributed by atoms with van der Waals surface area (Å²) in [4.78, 5) is 22.6. The molecule has 4 aromatic rings. The number of benzene rings is 2. The average Bonchev–Trinajstić information content (AvgIpc) is 3.29. The van der Waals surface area contributed by atoms with Crippen LogP contribution in [-0.2, 0) is 11.8 Å². The minimum atomic E-state index is -0.480. The van der Waals surface area contributed by atoms with E-state index in [1.54, 1.807) is 0 Å². The van der Waals surface area contributed by atoms with Gasteiger partial charge in [0.15, 0.2) is 0 Å². The molecule has 1 saturated heterocycles. The van der Waals surface area contributed by atoms with Crippen LogP contribution in [0.4, 0.5) is 17.3 Å². The Kier molecular flexibility index (Phi) is 8.10. The van der Waals surface area contributed by atoms with Crippen LogP contribution in [0.15, 0.2) is 48.8 Å². The number of nitro benzene ring substituents is 1. The Morgan fingerprint density at radius 3 is 2.77 bits per heavy atom. The number of rotatable bonds is 10. The molecule has 1 fully saturated rings. The number of anilines is 2. The van der Waals surface area contributed by atoms with Gasteiger partial charge < -0.3 is 24.1 Å². The normalized spacial score (nSPS) is 13.9. The largest absolute Gasteiger partial charge is 0.494 e. The lowest BCUT2D eigenvalue weighted by Gasteiger charge is -2.26. The van der Waals surface area contributed by atoms with Crippen LogP contribution in [0, 0.1) is 10.1 Å². The number of halogens is 1. The van der Waals surface area contributed by atoms with Gasteiger partial charge in [-0.25, -0.2) is 9.97 Å². The van der Waals surface area contributed by atoms with Crippen molar-refractivity contribution in [2.45, 2.75) is 6.42 Å². The first kappa shape index (κ1) is 26.7. The average molecular weight is 553 g/mol. The first-order valence-corrected chi connectivity index (χ1v) is 13.0. The van der Waals surface area contributed by atoms with E-state index in [4.69, 9.17) is 25.8 Å². The summed E-state index contributed by atoms with van der Waals surface area (Å²) in [6.45, 7) is 4.37. The lowest BCUT2D eigenvalue weighted by molar-refractivity contribution is -0.385. The van der Waals surface area contributed by atoms with E-state index in [2.05, 4.69) is 20.2 Å². The molecule has 204 valence electrons. The molecule has 0 aliphatic carbocycles. The lowest BCUT2D eigenvalue weighted by atomic mass is 10.1. The van der Waals surface area contributed by atoms with Crippen molar-refractivity contribution in [3.8, 4) is 22.8 Å². The number of ether oxygens (including phenoxy) is 3. The number of nitrogens with one attached hydrogen (secondary N) is 1. The minimum absolute atomic E-state index is 0.137. The summed E-state index contributed by atoms with van der Waals surface area (Å²) in [5.41, 5.74) is 2.57. The fourth-order valence-electron chi connectivity index (χ4n) is 4.64. The number of hydrogen-bond donors (Lipinski definition) is 1. The fraction of sp³-hybridized carbons (Fsp3) is 0.333. The van der Waals surface area contributed by atoms with Crippen molar-refractivity contribution >= 4 is 39.8 Å². The number of hydrogen-bond acceptors (Lipinski definition) is 9. The Balaban J connectivity index is 1.38. The molecule has 39 heavy (non-hydrogen) atoms. The Morgan fingerprint density at radius 2 is 2.00 bits per heavy atom. The maximum Gasteiger partial charge on any atom is 0.313 e. The maximum absolute atomic E-state index is 11.9. The molecular formula is C27H29ClN6O5. The van der Waals surface area contributed by atoms with Gasteiger partial charge in [-0.3, -0.25) is 15.0 Å². The second kappa shape index (κ2) is 11.9. The molecule has 12 heteroatoms. The van der Waals surface area contributed by atoms with Gasteiger partial charge >= 0.3 is 5.69 Å². The quantitative estimate of drug-likeness (QED) is 0.164. The monoisotopic (exact) mass is 552 g/mol. The van der Waals surface area contributed by atoms with E-state index in [1.807, 2.05) is 42.1 Å². The predicted octanol–water partition coefficient (Wildman–Crippen LogP) is 5.05. The fourth-order valence-corrected chi connectivity index (χ4v) is 4.83. The van der Waals surface area contributed by atoms with Crippen LogP contribution in [0.2, 0.25) is 5.02 Å². The second-order valence-corrected chi connectivity index (χ2v) is 9.53. The highest BCUT2D eigenvalue weighted by Gasteiger charge is 2.22. The molecule has 1 aliphatic rings. The number of aryl methyl sites for hydroxylation is 1. The molecule has 5 rings (SSSR count). The van der Waals surface area contributed by atoms with E-state index in [0.29, 0.717) is 28.8 Å². The van der Waals surface area contributed by atoms with E-state index in [1.165, 1.54) is 25.4 Å². The molecule has 0 spiro atoms. The number of morpholine rings is 1. The summed E-state index contributed by atoms with van der Waals surface area (Å²) in [7, 11) is 3.44. The van der Waals surface area contributed by atoms with Gasteiger partial charge in [0.1, 0.15) is 5.75 Å². The molecular weight excluding hydrogens is 524 g/mol. The Bertz CT molecular complexity index is 1490. The Morgan fingerprint density at radius 1 is 1.21 bits per heavy atom. The van der Waals surface area contributed by atoms with E-state index in [9.17, 15) is 10.1 Å². The highest BCUT2D eigenvalue weighted by molar-refractivity contribution is 6.33. The summed E-state index contributed by atoms with van der Waals surface area (Å²) in [6.07, 6.45) is 4.19. The molecule has 2 aromatic carbocycles. The first-order chi connectivity index (χ1) is 18.9. The highest BCUT2D eigenvalue weighted by atomic mass is 35.5. The van der Waals surface area contributed by atoms with Crippen molar-refractivity contribution in [2.24, 2.45) is 7.05 Å². The molecule has 0 saturated carbocycles. The van der Waals surface area contributed by atoms with Crippen LogP contribution >= 0.6 is 11.6 Å². The second-order valence-electron chi connectivity index (χ2n) is 9.12. The summed E-state index contributed by atoms with van der Waals surface area (Å²) >= 11 is 6.50. The SMILES string of the molecule is COc1cc(OCCCN2CCOCC2)c([N+](=O)[O-])cc1Nc1ncc(Cl)c(-c2cn(C)c3ccccc23)n1. The zero-order valence-corrected chi connectivity index (χ0v) is 22.5. The molecule has 0 atom stereocenters. The van der Waals surface area contributed by atoms with E-state index in [0.717, 1.165) is 55.7 Å². The van der Waals surface area contributed by atoms with Crippen LogP contribution in [-0.4, -0.2) is 70.9 Å². The van der Waals surface area contributed by atoms with Crippen molar-refractivity contribution in [2.75, 3.05) is 51.9 Å². The number of methoxy groups -OCH3 is 1. The molecule has 11 nitrogen and oxygen atoms in total. The molecule has 0 unspecified atom stereocenters. The molecule has 0 bridgehead atoms. The minimum Gasteiger partial charge on any atom is -0.494 e. The third-order valence-electron chi connectivity index (χ3n) is 6.60. The van der Waals surface area contributed by atoms with Crippen molar-refractivity contribution < 1.29 is 19.1 Å². The highest BCUT2D eigenvalue weighted by Crippen LogP contribution is 2.40. The van der Waals surface area contributed by atoms with Gasteiger partial charge in [0.05, 0.1) is 54.5 Å². The van der Waals surface area contributed by atoms with Gasteiger partial charge in [-0.15, -0.1) is 0 Å². The predicted molar refractivity (Wildman–Crippen MR) is 149 cm³/mol. The van der Waals surface area contributed by atoms with Crippen LogP contribution < -0.4 is 14.8 Å². The number of nitro groups is 1. The third kappa shape index (κ3) is 5.90. The van der Waals surface area contributed by atoms with Crippen LogP contribution in [0.1, 0.15) is 6.42 Å². The molecule has 0 amide bonds. The van der Waals surface area contributed by atoms with Crippen molar-refractivity contribution in [1.29, 1.82) is 0 Å². The topological polar surface area (TPSA) is 117 Å². The lowest BCUT2D eigenvalue weighted by Crippen LogP contribution is -2.37.